The number of aromatic nitrogens is 2. The Kier molecular flexibility index (Phi) is 5.16. The summed E-state index contributed by atoms with van der Waals surface area (Å²) in [4.78, 5) is 1.25. The highest BCUT2D eigenvalue weighted by Gasteiger charge is 2.10. The van der Waals surface area contributed by atoms with Crippen LogP contribution in [0.4, 0.5) is 0 Å². The Hall–Kier alpha value is -1.13. The van der Waals surface area contributed by atoms with Crippen molar-refractivity contribution >= 4 is 11.3 Å². The smallest absolute Gasteiger partial charge is 0.0794 e. The van der Waals surface area contributed by atoms with E-state index in [1.807, 2.05) is 6.20 Å². The van der Waals surface area contributed by atoms with E-state index in [4.69, 9.17) is 0 Å². The summed E-state index contributed by atoms with van der Waals surface area (Å²) >= 11 is 1.74. The molecule has 104 valence electrons. The van der Waals surface area contributed by atoms with Gasteiger partial charge in [-0.3, -0.25) is 5.10 Å². The van der Waals surface area contributed by atoms with Crippen LogP contribution in [-0.2, 0) is 6.54 Å². The molecule has 0 bridgehead atoms. The van der Waals surface area contributed by atoms with Gasteiger partial charge in [-0.1, -0.05) is 19.9 Å². The average molecular weight is 277 g/mol. The van der Waals surface area contributed by atoms with E-state index >= 15 is 0 Å². The summed E-state index contributed by atoms with van der Waals surface area (Å²) in [5.74, 6) is 0.778. The van der Waals surface area contributed by atoms with Gasteiger partial charge in [0.25, 0.3) is 0 Å². The molecule has 0 fully saturated rings. The first kappa shape index (κ1) is 14.3. The van der Waals surface area contributed by atoms with Crippen LogP contribution in [0.3, 0.4) is 0 Å². The van der Waals surface area contributed by atoms with Gasteiger partial charge in [0.1, 0.15) is 0 Å². The van der Waals surface area contributed by atoms with Crippen molar-refractivity contribution in [3.8, 4) is 10.6 Å². The van der Waals surface area contributed by atoms with Crippen molar-refractivity contribution in [3.05, 3.63) is 29.3 Å². The second kappa shape index (κ2) is 6.87. The fourth-order valence-corrected chi connectivity index (χ4v) is 2.80. The molecule has 0 aliphatic heterocycles. The van der Waals surface area contributed by atoms with Crippen LogP contribution in [0.15, 0.2) is 23.7 Å². The normalized spacial score (nSPS) is 13.1. The minimum absolute atomic E-state index is 0.550. The summed E-state index contributed by atoms with van der Waals surface area (Å²) in [6.45, 7) is 7.69. The van der Waals surface area contributed by atoms with Gasteiger partial charge in [-0.25, -0.2) is 0 Å². The number of nitrogens with zero attached hydrogens (tertiary/aromatic N) is 1. The molecule has 2 aromatic rings. The fraction of sp³-hybridized carbons (Fsp3) is 0.533. The van der Waals surface area contributed by atoms with Crippen molar-refractivity contribution in [1.82, 2.24) is 15.5 Å². The van der Waals surface area contributed by atoms with Crippen molar-refractivity contribution in [2.24, 2.45) is 5.92 Å². The molecule has 1 atom stereocenters. The number of hydrogen-bond acceptors (Lipinski definition) is 3. The molecule has 0 spiro atoms. The maximum Gasteiger partial charge on any atom is 0.0794 e. The van der Waals surface area contributed by atoms with E-state index < -0.39 is 0 Å². The molecule has 2 N–H and O–H groups in total. The Labute approximate surface area is 119 Å². The lowest BCUT2D eigenvalue weighted by molar-refractivity contribution is 0.451. The van der Waals surface area contributed by atoms with E-state index in [9.17, 15) is 0 Å². The van der Waals surface area contributed by atoms with Crippen molar-refractivity contribution in [2.75, 3.05) is 0 Å². The summed E-state index contributed by atoms with van der Waals surface area (Å²) in [6, 6.07) is 4.75. The minimum Gasteiger partial charge on any atom is -0.310 e. The molecular formula is C15H23N3S. The molecule has 19 heavy (non-hydrogen) atoms. The molecule has 0 radical (unpaired) electrons. The second-order valence-corrected chi connectivity index (χ2v) is 6.45. The van der Waals surface area contributed by atoms with E-state index in [0.717, 1.165) is 18.2 Å². The molecule has 0 saturated carbocycles. The number of aromatic amines is 1. The molecular weight excluding hydrogens is 254 g/mol. The van der Waals surface area contributed by atoms with Crippen LogP contribution in [0.2, 0.25) is 0 Å². The summed E-state index contributed by atoms with van der Waals surface area (Å²) < 4.78 is 0. The van der Waals surface area contributed by atoms with Crippen LogP contribution in [-0.4, -0.2) is 16.2 Å². The lowest BCUT2D eigenvalue weighted by Gasteiger charge is -2.14. The number of hydrogen-bond donors (Lipinski definition) is 2. The van der Waals surface area contributed by atoms with Gasteiger partial charge in [0.2, 0.25) is 0 Å². The lowest BCUT2D eigenvalue weighted by Crippen LogP contribution is -2.25. The van der Waals surface area contributed by atoms with Gasteiger partial charge in [0, 0.05) is 18.2 Å². The Morgan fingerprint density at radius 1 is 1.32 bits per heavy atom. The van der Waals surface area contributed by atoms with Crippen molar-refractivity contribution in [3.63, 3.8) is 0 Å². The monoisotopic (exact) mass is 277 g/mol. The van der Waals surface area contributed by atoms with E-state index in [1.165, 1.54) is 23.3 Å². The summed E-state index contributed by atoms with van der Waals surface area (Å²) in [6.07, 6.45) is 4.43. The van der Waals surface area contributed by atoms with Crippen molar-refractivity contribution < 1.29 is 0 Å². The van der Waals surface area contributed by atoms with E-state index in [1.54, 1.807) is 11.3 Å². The van der Waals surface area contributed by atoms with Crippen LogP contribution in [0, 0.1) is 5.92 Å². The molecule has 0 amide bonds. The van der Waals surface area contributed by atoms with Gasteiger partial charge in [-0.2, -0.15) is 5.10 Å². The van der Waals surface area contributed by atoms with Crippen LogP contribution < -0.4 is 5.32 Å². The highest BCUT2D eigenvalue weighted by Crippen LogP contribution is 2.25. The first-order valence-corrected chi connectivity index (χ1v) is 7.84. The zero-order valence-electron chi connectivity index (χ0n) is 11.9. The standard InChI is InChI=1S/C15H23N3S/c1-11(2)6-7-12(3)16-9-13-10-17-18-15(13)14-5-4-8-19-14/h4-5,8,10-12,16H,6-7,9H2,1-3H3,(H,17,18). The molecule has 0 aromatic carbocycles. The number of H-pyrrole nitrogens is 1. The topological polar surface area (TPSA) is 40.7 Å². The maximum absolute atomic E-state index is 4.17. The first-order valence-electron chi connectivity index (χ1n) is 6.96. The number of rotatable bonds is 7. The van der Waals surface area contributed by atoms with E-state index in [2.05, 4.69) is 53.8 Å². The zero-order chi connectivity index (χ0) is 13.7. The van der Waals surface area contributed by atoms with Gasteiger partial charge in [-0.15, -0.1) is 11.3 Å². The van der Waals surface area contributed by atoms with Gasteiger partial charge in [0.05, 0.1) is 16.8 Å². The van der Waals surface area contributed by atoms with Crippen molar-refractivity contribution in [2.45, 2.75) is 46.2 Å². The molecule has 0 saturated heterocycles. The van der Waals surface area contributed by atoms with E-state index in [-0.39, 0.29) is 0 Å². The van der Waals surface area contributed by atoms with Crippen LogP contribution in [0.1, 0.15) is 39.2 Å². The van der Waals surface area contributed by atoms with Gasteiger partial charge in [-0.05, 0) is 37.1 Å². The third-order valence-corrected chi connectivity index (χ3v) is 4.19. The maximum atomic E-state index is 4.17. The van der Waals surface area contributed by atoms with E-state index in [0.29, 0.717) is 6.04 Å². The lowest BCUT2D eigenvalue weighted by atomic mass is 10.0. The fourth-order valence-electron chi connectivity index (χ4n) is 2.05. The average Bonchev–Trinajstić information content (AvgIpc) is 3.03. The summed E-state index contributed by atoms with van der Waals surface area (Å²) in [5.41, 5.74) is 2.40. The Morgan fingerprint density at radius 3 is 2.84 bits per heavy atom. The largest absolute Gasteiger partial charge is 0.310 e. The van der Waals surface area contributed by atoms with Crippen LogP contribution in [0.5, 0.6) is 0 Å². The molecule has 2 heterocycles. The van der Waals surface area contributed by atoms with Gasteiger partial charge < -0.3 is 5.32 Å². The minimum atomic E-state index is 0.550. The SMILES string of the molecule is CC(C)CCC(C)NCc1cn[nH]c1-c1cccs1. The molecule has 2 rings (SSSR count). The van der Waals surface area contributed by atoms with Crippen molar-refractivity contribution in [1.29, 1.82) is 0 Å². The third-order valence-electron chi connectivity index (χ3n) is 3.30. The predicted molar refractivity (Wildman–Crippen MR) is 82.3 cm³/mol. The van der Waals surface area contributed by atoms with Crippen LogP contribution in [0.25, 0.3) is 10.6 Å². The quantitative estimate of drug-likeness (QED) is 0.801. The highest BCUT2D eigenvalue weighted by atomic mass is 32.1. The molecule has 4 heteroatoms. The summed E-state index contributed by atoms with van der Waals surface area (Å²) in [7, 11) is 0. The Balaban J connectivity index is 1.88. The first-order chi connectivity index (χ1) is 9.16. The second-order valence-electron chi connectivity index (χ2n) is 5.50. The Morgan fingerprint density at radius 2 is 2.16 bits per heavy atom. The number of thiophene rings is 1. The zero-order valence-corrected chi connectivity index (χ0v) is 12.8. The predicted octanol–water partition coefficient (Wildman–Crippen LogP) is 4.05. The molecule has 1 unspecified atom stereocenters. The summed E-state index contributed by atoms with van der Waals surface area (Å²) in [5, 5.41) is 13.0. The Bertz CT molecular complexity index is 473. The molecule has 0 aliphatic rings. The molecule has 2 aromatic heterocycles. The molecule has 0 aliphatic carbocycles. The van der Waals surface area contributed by atoms with Gasteiger partial charge >= 0.3 is 0 Å². The third kappa shape index (κ3) is 4.18. The van der Waals surface area contributed by atoms with Crippen LogP contribution >= 0.6 is 11.3 Å². The van der Waals surface area contributed by atoms with Gasteiger partial charge in [0.15, 0.2) is 0 Å². The highest BCUT2D eigenvalue weighted by molar-refractivity contribution is 7.13. The number of nitrogens with one attached hydrogen (secondary N) is 2. The molecule has 3 nitrogen and oxygen atoms in total.